The van der Waals surface area contributed by atoms with Crippen molar-refractivity contribution < 1.29 is 13.5 Å². The van der Waals surface area contributed by atoms with Gasteiger partial charge >= 0.3 is 0 Å². The van der Waals surface area contributed by atoms with Crippen LogP contribution in [-0.4, -0.2) is 31.4 Å². The monoisotopic (exact) mass is 192 g/mol. The van der Waals surface area contributed by atoms with E-state index in [1.54, 1.807) is 6.07 Å². The first-order valence-electron chi connectivity index (χ1n) is 3.46. The van der Waals surface area contributed by atoms with Crippen LogP contribution in [0.1, 0.15) is 13.8 Å². The van der Waals surface area contributed by atoms with Gasteiger partial charge in [0, 0.05) is 6.54 Å². The van der Waals surface area contributed by atoms with Crippen LogP contribution in [0.4, 0.5) is 0 Å². The van der Waals surface area contributed by atoms with Gasteiger partial charge in [0.15, 0.2) is 5.25 Å². The molecule has 6 heteroatoms. The standard InChI is InChI=1S/C6H12N2O3S/c1-5(9)4-8-12(10,11)6(2)3-7/h5-6,8-9H,4H2,1-2H3/t5-,6?/m0/s1. The van der Waals surface area contributed by atoms with Crippen LogP contribution < -0.4 is 4.72 Å². The number of sulfonamides is 1. The van der Waals surface area contributed by atoms with E-state index in [0.717, 1.165) is 0 Å². The molecule has 2 atom stereocenters. The minimum absolute atomic E-state index is 0.0612. The Kier molecular flexibility index (Phi) is 4.17. The van der Waals surface area contributed by atoms with E-state index in [1.807, 2.05) is 0 Å². The predicted octanol–water partition coefficient (Wildman–Crippen LogP) is -0.801. The molecule has 70 valence electrons. The molecule has 0 radical (unpaired) electrons. The van der Waals surface area contributed by atoms with Crippen LogP contribution in [0, 0.1) is 11.3 Å². The van der Waals surface area contributed by atoms with E-state index in [0.29, 0.717) is 0 Å². The molecule has 0 saturated heterocycles. The molecule has 0 aromatic rings. The highest BCUT2D eigenvalue weighted by Gasteiger charge is 2.19. The molecular weight excluding hydrogens is 180 g/mol. The van der Waals surface area contributed by atoms with E-state index in [2.05, 4.69) is 4.72 Å². The molecule has 0 aromatic carbocycles. The first-order valence-corrected chi connectivity index (χ1v) is 5.01. The molecule has 0 rings (SSSR count). The zero-order chi connectivity index (χ0) is 9.78. The van der Waals surface area contributed by atoms with Crippen molar-refractivity contribution >= 4 is 10.0 Å². The first-order chi connectivity index (χ1) is 5.40. The minimum Gasteiger partial charge on any atom is -0.392 e. The van der Waals surface area contributed by atoms with Gasteiger partial charge in [0.25, 0.3) is 0 Å². The van der Waals surface area contributed by atoms with Gasteiger partial charge in [0.05, 0.1) is 12.2 Å². The Bertz CT molecular complexity index is 265. The van der Waals surface area contributed by atoms with Crippen molar-refractivity contribution in [3.05, 3.63) is 0 Å². The number of hydrogen-bond donors (Lipinski definition) is 2. The molecule has 2 N–H and O–H groups in total. The van der Waals surface area contributed by atoms with Crippen molar-refractivity contribution in [2.24, 2.45) is 0 Å². The van der Waals surface area contributed by atoms with Crippen LogP contribution in [0.5, 0.6) is 0 Å². The lowest BCUT2D eigenvalue weighted by atomic mass is 10.4. The van der Waals surface area contributed by atoms with Gasteiger partial charge in [-0.2, -0.15) is 5.26 Å². The molecule has 0 aromatic heterocycles. The summed E-state index contributed by atoms with van der Waals surface area (Å²) in [6, 6.07) is 1.60. The molecule has 0 amide bonds. The highest BCUT2D eigenvalue weighted by molar-refractivity contribution is 7.90. The first kappa shape index (κ1) is 11.4. The van der Waals surface area contributed by atoms with Gasteiger partial charge in [0.2, 0.25) is 10.0 Å². The van der Waals surface area contributed by atoms with Crippen molar-refractivity contribution in [2.45, 2.75) is 25.2 Å². The number of nitriles is 1. The maximum absolute atomic E-state index is 11.0. The number of rotatable bonds is 4. The molecule has 0 spiro atoms. The molecule has 0 aliphatic heterocycles. The summed E-state index contributed by atoms with van der Waals surface area (Å²) in [7, 11) is -3.58. The van der Waals surface area contributed by atoms with E-state index < -0.39 is 21.4 Å². The van der Waals surface area contributed by atoms with Crippen LogP contribution in [0.3, 0.4) is 0 Å². The van der Waals surface area contributed by atoms with E-state index in [-0.39, 0.29) is 6.54 Å². The molecule has 0 bridgehead atoms. The van der Waals surface area contributed by atoms with Crippen LogP contribution in [0.25, 0.3) is 0 Å². The minimum atomic E-state index is -3.58. The third-order valence-electron chi connectivity index (χ3n) is 1.23. The number of hydrogen-bond acceptors (Lipinski definition) is 4. The third kappa shape index (κ3) is 3.67. The lowest BCUT2D eigenvalue weighted by Crippen LogP contribution is -2.36. The van der Waals surface area contributed by atoms with Gasteiger partial charge in [-0.1, -0.05) is 0 Å². The highest BCUT2D eigenvalue weighted by Crippen LogP contribution is 1.95. The number of nitrogens with one attached hydrogen (secondary N) is 1. The van der Waals surface area contributed by atoms with Crippen LogP contribution in [-0.2, 0) is 10.0 Å². The quantitative estimate of drug-likeness (QED) is 0.610. The Labute approximate surface area is 72.1 Å². The molecule has 0 saturated carbocycles. The Morgan fingerprint density at radius 3 is 2.42 bits per heavy atom. The summed E-state index contributed by atoms with van der Waals surface area (Å²) in [5.41, 5.74) is 0. The lowest BCUT2D eigenvalue weighted by molar-refractivity contribution is 0.198. The fourth-order valence-corrected chi connectivity index (χ4v) is 1.29. The molecule has 12 heavy (non-hydrogen) atoms. The van der Waals surface area contributed by atoms with E-state index in [9.17, 15) is 8.42 Å². The number of nitrogens with zero attached hydrogens (tertiary/aromatic N) is 1. The highest BCUT2D eigenvalue weighted by atomic mass is 32.2. The van der Waals surface area contributed by atoms with Gasteiger partial charge in [-0.3, -0.25) is 0 Å². The van der Waals surface area contributed by atoms with E-state index in [4.69, 9.17) is 10.4 Å². The van der Waals surface area contributed by atoms with E-state index >= 15 is 0 Å². The number of aliphatic hydroxyl groups excluding tert-OH is 1. The second kappa shape index (κ2) is 4.40. The van der Waals surface area contributed by atoms with Crippen molar-refractivity contribution in [1.82, 2.24) is 4.72 Å². The topological polar surface area (TPSA) is 90.2 Å². The molecule has 0 heterocycles. The van der Waals surface area contributed by atoms with E-state index in [1.165, 1.54) is 13.8 Å². The summed E-state index contributed by atoms with van der Waals surface area (Å²) >= 11 is 0. The predicted molar refractivity (Wildman–Crippen MR) is 43.7 cm³/mol. The van der Waals surface area contributed by atoms with Gasteiger partial charge in [-0.05, 0) is 13.8 Å². The fourth-order valence-electron chi connectivity index (χ4n) is 0.431. The summed E-state index contributed by atoms with van der Waals surface area (Å²) in [6.07, 6.45) is -0.745. The second-order valence-electron chi connectivity index (χ2n) is 2.51. The Morgan fingerprint density at radius 2 is 2.08 bits per heavy atom. The molecule has 0 fully saturated rings. The van der Waals surface area contributed by atoms with Gasteiger partial charge in [-0.15, -0.1) is 0 Å². The fraction of sp³-hybridized carbons (Fsp3) is 0.833. The lowest BCUT2D eigenvalue weighted by Gasteiger charge is -2.08. The Hall–Kier alpha value is -0.640. The summed E-state index contributed by atoms with van der Waals surface area (Å²) in [5.74, 6) is 0. The third-order valence-corrected chi connectivity index (χ3v) is 2.83. The summed E-state index contributed by atoms with van der Waals surface area (Å²) < 4.78 is 24.2. The largest absolute Gasteiger partial charge is 0.392 e. The van der Waals surface area contributed by atoms with Crippen LogP contribution in [0.2, 0.25) is 0 Å². The zero-order valence-corrected chi connectivity index (χ0v) is 7.80. The SMILES string of the molecule is CC(C#N)S(=O)(=O)NC[C@H](C)O. The van der Waals surface area contributed by atoms with Gasteiger partial charge in [-0.25, -0.2) is 13.1 Å². The van der Waals surface area contributed by atoms with Crippen molar-refractivity contribution in [3.63, 3.8) is 0 Å². The average molecular weight is 192 g/mol. The number of aliphatic hydroxyl groups is 1. The smallest absolute Gasteiger partial charge is 0.227 e. The summed E-state index contributed by atoms with van der Waals surface area (Å²) in [6.45, 7) is 2.68. The second-order valence-corrected chi connectivity index (χ2v) is 4.60. The average Bonchev–Trinajstić information content (AvgIpc) is 1.99. The Morgan fingerprint density at radius 1 is 1.58 bits per heavy atom. The van der Waals surface area contributed by atoms with Crippen LogP contribution in [0.15, 0.2) is 0 Å². The van der Waals surface area contributed by atoms with Crippen molar-refractivity contribution in [1.29, 1.82) is 5.26 Å². The molecule has 1 unspecified atom stereocenters. The normalized spacial score (nSPS) is 16.5. The van der Waals surface area contributed by atoms with Crippen LogP contribution >= 0.6 is 0 Å². The van der Waals surface area contributed by atoms with Crippen molar-refractivity contribution in [3.8, 4) is 6.07 Å². The summed E-state index contributed by atoms with van der Waals surface area (Å²) in [5, 5.41) is 16.0. The van der Waals surface area contributed by atoms with Gasteiger partial charge < -0.3 is 5.11 Å². The molecule has 0 aliphatic rings. The van der Waals surface area contributed by atoms with Gasteiger partial charge in [0.1, 0.15) is 0 Å². The molecule has 0 aliphatic carbocycles. The maximum atomic E-state index is 11.0. The Balaban J connectivity index is 4.18. The summed E-state index contributed by atoms with van der Waals surface area (Å²) in [4.78, 5) is 0. The van der Waals surface area contributed by atoms with Crippen molar-refractivity contribution in [2.75, 3.05) is 6.54 Å². The molecular formula is C6H12N2O3S. The zero-order valence-electron chi connectivity index (χ0n) is 6.98. The molecule has 5 nitrogen and oxygen atoms in total. The maximum Gasteiger partial charge on any atom is 0.227 e.